The molecule has 0 N–H and O–H groups in total. The molecule has 0 radical (unpaired) electrons. The van der Waals surface area contributed by atoms with Gasteiger partial charge in [0.25, 0.3) is 0 Å². The van der Waals surface area contributed by atoms with Gasteiger partial charge in [-0.1, -0.05) is 31.9 Å². The van der Waals surface area contributed by atoms with Crippen molar-refractivity contribution in [2.24, 2.45) is 0 Å². The molecule has 0 heterocycles. The van der Waals surface area contributed by atoms with Gasteiger partial charge in [0, 0.05) is 0 Å². The van der Waals surface area contributed by atoms with Gasteiger partial charge in [-0.2, -0.15) is 0 Å². The second-order valence-electron chi connectivity index (χ2n) is 4.28. The normalized spacial score (nSPS) is 10.6. The summed E-state index contributed by atoms with van der Waals surface area (Å²) >= 11 is 0. The highest BCUT2D eigenvalue weighted by atomic mass is 16.5. The second kappa shape index (κ2) is 13.1. The Hall–Kier alpha value is -1.32. The Balaban J connectivity index is 3.38. The minimum absolute atomic E-state index is 0.101. The maximum absolute atomic E-state index is 11.3. The smallest absolute Gasteiger partial charge is 0.306 e. The van der Waals surface area contributed by atoms with Crippen LogP contribution in [0.2, 0.25) is 0 Å². The van der Waals surface area contributed by atoms with Crippen molar-refractivity contribution in [2.45, 2.75) is 58.8 Å². The quantitative estimate of drug-likeness (QED) is 0.328. The van der Waals surface area contributed by atoms with E-state index < -0.39 is 0 Å². The largest absolute Gasteiger partial charge is 0.466 e. The van der Waals surface area contributed by atoms with Crippen LogP contribution in [-0.4, -0.2) is 25.2 Å². The summed E-state index contributed by atoms with van der Waals surface area (Å²) in [6, 6.07) is 0. The predicted molar refractivity (Wildman–Crippen MR) is 74.7 cm³/mol. The Morgan fingerprint density at radius 2 is 1.47 bits per heavy atom. The summed E-state index contributed by atoms with van der Waals surface area (Å²) < 4.78 is 9.74. The first-order valence-electron chi connectivity index (χ1n) is 7.16. The van der Waals surface area contributed by atoms with Crippen molar-refractivity contribution in [2.75, 3.05) is 13.2 Å². The minimum atomic E-state index is -0.349. The van der Waals surface area contributed by atoms with Gasteiger partial charge in [0.1, 0.15) is 0 Å². The lowest BCUT2D eigenvalue weighted by molar-refractivity contribution is -0.150. The van der Waals surface area contributed by atoms with Crippen molar-refractivity contribution in [3.8, 4) is 0 Å². The summed E-state index contributed by atoms with van der Waals surface area (Å²) in [4.78, 5) is 22.3. The fraction of sp³-hybridized carbons (Fsp3) is 0.733. The third kappa shape index (κ3) is 12.9. The Labute approximate surface area is 116 Å². The minimum Gasteiger partial charge on any atom is -0.466 e. The number of unbranched alkanes of at least 4 members (excludes halogenated alkanes) is 3. The number of carbonyl (C=O) groups is 2. The zero-order valence-corrected chi connectivity index (χ0v) is 12.2. The molecule has 0 aliphatic heterocycles. The summed E-state index contributed by atoms with van der Waals surface area (Å²) in [5, 5.41) is 0. The number of rotatable bonds is 11. The standard InChI is InChI=1S/C15H26O4/c1-3-5-6-7-8-9-10-13-19-15(17)12-11-14(16)18-4-2/h7-8H,3-6,9-13H2,1-2H3/b8-7+. The van der Waals surface area contributed by atoms with Crippen molar-refractivity contribution in [1.82, 2.24) is 0 Å². The number of allylic oxidation sites excluding steroid dienone is 2. The van der Waals surface area contributed by atoms with Crippen LogP contribution in [0.4, 0.5) is 0 Å². The van der Waals surface area contributed by atoms with Crippen LogP contribution in [0, 0.1) is 0 Å². The van der Waals surface area contributed by atoms with Crippen LogP contribution >= 0.6 is 0 Å². The third-order valence-corrected chi connectivity index (χ3v) is 2.51. The van der Waals surface area contributed by atoms with E-state index in [1.165, 1.54) is 12.8 Å². The molecule has 0 saturated heterocycles. The van der Waals surface area contributed by atoms with E-state index in [-0.39, 0.29) is 24.8 Å². The summed E-state index contributed by atoms with van der Waals surface area (Å²) in [5.41, 5.74) is 0. The summed E-state index contributed by atoms with van der Waals surface area (Å²) in [5.74, 6) is -0.679. The molecule has 4 nitrogen and oxygen atoms in total. The number of hydrogen-bond donors (Lipinski definition) is 0. The van der Waals surface area contributed by atoms with Crippen LogP contribution in [0.3, 0.4) is 0 Å². The highest BCUT2D eigenvalue weighted by Gasteiger charge is 2.07. The zero-order chi connectivity index (χ0) is 14.3. The average molecular weight is 270 g/mol. The third-order valence-electron chi connectivity index (χ3n) is 2.51. The maximum Gasteiger partial charge on any atom is 0.306 e. The molecule has 0 amide bonds. The molecule has 0 bridgehead atoms. The van der Waals surface area contributed by atoms with Gasteiger partial charge in [-0.3, -0.25) is 9.59 Å². The molecule has 0 aromatic rings. The number of hydrogen-bond acceptors (Lipinski definition) is 4. The second-order valence-corrected chi connectivity index (χ2v) is 4.28. The van der Waals surface area contributed by atoms with Crippen LogP contribution in [0.1, 0.15) is 58.8 Å². The Bertz CT molecular complexity index is 271. The van der Waals surface area contributed by atoms with E-state index in [0.29, 0.717) is 13.2 Å². The molecule has 0 aliphatic carbocycles. The fourth-order valence-corrected chi connectivity index (χ4v) is 1.45. The highest BCUT2D eigenvalue weighted by Crippen LogP contribution is 2.00. The van der Waals surface area contributed by atoms with Crippen molar-refractivity contribution in [3.63, 3.8) is 0 Å². The van der Waals surface area contributed by atoms with Gasteiger partial charge in [-0.15, -0.1) is 0 Å². The lowest BCUT2D eigenvalue weighted by Crippen LogP contribution is -2.10. The van der Waals surface area contributed by atoms with Gasteiger partial charge in [0.15, 0.2) is 0 Å². The summed E-state index contributed by atoms with van der Waals surface area (Å²) in [6.45, 7) is 4.67. The first-order valence-corrected chi connectivity index (χ1v) is 7.16. The molecule has 0 aromatic heterocycles. The molecule has 0 saturated carbocycles. The molecule has 0 unspecified atom stereocenters. The monoisotopic (exact) mass is 270 g/mol. The topological polar surface area (TPSA) is 52.6 Å². The molecular weight excluding hydrogens is 244 g/mol. The first kappa shape index (κ1) is 17.7. The zero-order valence-electron chi connectivity index (χ0n) is 12.2. The van der Waals surface area contributed by atoms with Gasteiger partial charge in [-0.05, 0) is 26.2 Å². The number of ether oxygens (including phenoxy) is 2. The molecule has 4 heteroatoms. The number of esters is 2. The Morgan fingerprint density at radius 3 is 2.05 bits per heavy atom. The number of carbonyl (C=O) groups excluding carboxylic acids is 2. The van der Waals surface area contributed by atoms with E-state index >= 15 is 0 Å². The molecule has 19 heavy (non-hydrogen) atoms. The highest BCUT2D eigenvalue weighted by molar-refractivity contribution is 5.77. The Kier molecular flexibility index (Phi) is 12.2. The van der Waals surface area contributed by atoms with Crippen LogP contribution in [-0.2, 0) is 19.1 Å². The molecule has 0 aromatic carbocycles. The van der Waals surface area contributed by atoms with Crippen molar-refractivity contribution < 1.29 is 19.1 Å². The van der Waals surface area contributed by atoms with E-state index in [1.807, 2.05) is 0 Å². The SMILES string of the molecule is CCCC/C=C/CCCOC(=O)CCC(=O)OCC. The van der Waals surface area contributed by atoms with Gasteiger partial charge in [0.2, 0.25) is 0 Å². The molecule has 0 fully saturated rings. The van der Waals surface area contributed by atoms with Crippen molar-refractivity contribution in [1.29, 1.82) is 0 Å². The van der Waals surface area contributed by atoms with E-state index in [1.54, 1.807) is 6.92 Å². The molecule has 110 valence electrons. The molecule has 0 atom stereocenters. The average Bonchev–Trinajstić information content (AvgIpc) is 2.40. The van der Waals surface area contributed by atoms with E-state index in [9.17, 15) is 9.59 Å². The molecule has 0 rings (SSSR count). The van der Waals surface area contributed by atoms with E-state index in [2.05, 4.69) is 19.1 Å². The van der Waals surface area contributed by atoms with Crippen LogP contribution < -0.4 is 0 Å². The summed E-state index contributed by atoms with van der Waals surface area (Å²) in [6.07, 6.45) is 9.81. The summed E-state index contributed by atoms with van der Waals surface area (Å²) in [7, 11) is 0. The maximum atomic E-state index is 11.3. The van der Waals surface area contributed by atoms with E-state index in [4.69, 9.17) is 9.47 Å². The van der Waals surface area contributed by atoms with Crippen LogP contribution in [0.25, 0.3) is 0 Å². The predicted octanol–water partition coefficient (Wildman–Crippen LogP) is 3.40. The van der Waals surface area contributed by atoms with Crippen molar-refractivity contribution in [3.05, 3.63) is 12.2 Å². The molecule has 0 aliphatic rings. The molecular formula is C15H26O4. The van der Waals surface area contributed by atoms with Crippen LogP contribution in [0.15, 0.2) is 12.2 Å². The van der Waals surface area contributed by atoms with Gasteiger partial charge < -0.3 is 9.47 Å². The van der Waals surface area contributed by atoms with E-state index in [0.717, 1.165) is 19.3 Å². The van der Waals surface area contributed by atoms with Crippen LogP contribution in [0.5, 0.6) is 0 Å². The Morgan fingerprint density at radius 1 is 0.895 bits per heavy atom. The van der Waals surface area contributed by atoms with Crippen molar-refractivity contribution >= 4 is 11.9 Å². The lowest BCUT2D eigenvalue weighted by Gasteiger charge is -2.03. The first-order chi connectivity index (χ1) is 9.20. The molecule has 0 spiro atoms. The lowest BCUT2D eigenvalue weighted by atomic mass is 10.2. The van der Waals surface area contributed by atoms with Gasteiger partial charge in [-0.25, -0.2) is 0 Å². The van der Waals surface area contributed by atoms with Gasteiger partial charge >= 0.3 is 11.9 Å². The fourth-order valence-electron chi connectivity index (χ4n) is 1.45. The van der Waals surface area contributed by atoms with Gasteiger partial charge in [0.05, 0.1) is 26.1 Å².